The maximum atomic E-state index is 11.4. The van der Waals surface area contributed by atoms with Gasteiger partial charge >= 0.3 is 0 Å². The zero-order valence-electron chi connectivity index (χ0n) is 20.6. The molecule has 6 rings (SSSR count). The Bertz CT molecular complexity index is 1470. The maximum Gasteiger partial charge on any atom is 0.245 e. The number of anilines is 2. The fraction of sp³-hybridized carbons (Fsp3) is 0.296. The van der Waals surface area contributed by atoms with Crippen molar-refractivity contribution in [2.75, 3.05) is 38.7 Å². The van der Waals surface area contributed by atoms with Gasteiger partial charge in [0.2, 0.25) is 11.9 Å². The molecule has 192 valence electrons. The maximum absolute atomic E-state index is 11.4. The second kappa shape index (κ2) is 10.3. The Hall–Kier alpha value is -3.82. The summed E-state index contributed by atoms with van der Waals surface area (Å²) in [5, 5.41) is 8.17. The predicted octanol–water partition coefficient (Wildman–Crippen LogP) is 3.39. The lowest BCUT2D eigenvalue weighted by molar-refractivity contribution is -0.119. The number of aromatic nitrogens is 3. The van der Waals surface area contributed by atoms with Crippen LogP contribution in [0.2, 0.25) is 0 Å². The van der Waals surface area contributed by atoms with Crippen molar-refractivity contribution in [2.45, 2.75) is 19.3 Å². The summed E-state index contributed by atoms with van der Waals surface area (Å²) < 4.78 is 13.5. The van der Waals surface area contributed by atoms with Crippen molar-refractivity contribution in [3.63, 3.8) is 0 Å². The Morgan fingerprint density at radius 3 is 2.70 bits per heavy atom. The molecular weight excluding hydrogens is 492 g/mol. The molecule has 37 heavy (non-hydrogen) atoms. The van der Waals surface area contributed by atoms with Crippen molar-refractivity contribution in [2.24, 2.45) is 5.73 Å². The number of fused-ring (bicyclic) bond motifs is 3. The topological polar surface area (TPSA) is 107 Å². The van der Waals surface area contributed by atoms with Crippen LogP contribution in [0.25, 0.3) is 16.8 Å². The van der Waals surface area contributed by atoms with Gasteiger partial charge in [-0.2, -0.15) is 0 Å². The summed E-state index contributed by atoms with van der Waals surface area (Å²) in [6.07, 6.45) is 4.38. The first-order valence-corrected chi connectivity index (χ1v) is 12.2. The Labute approximate surface area is 221 Å². The van der Waals surface area contributed by atoms with Crippen molar-refractivity contribution in [3.8, 4) is 22.8 Å². The standard InChI is InChI=1S/C27H28N6O3.ClH/c1-35-24-14-19-8-11-32(16-25(28)34)10-7-18(19)13-22(24)30-27-29-15-20-5-6-23(33(20)31-27)21-4-2-3-17-9-12-36-26(17)21;/h2-6,13-15H,7-12,16H2,1H3,(H2,28,34)(H,30,31);1H. The Morgan fingerprint density at radius 1 is 1.11 bits per heavy atom. The number of primary amides is 1. The van der Waals surface area contributed by atoms with Crippen LogP contribution >= 0.6 is 12.4 Å². The van der Waals surface area contributed by atoms with E-state index in [0.717, 1.165) is 66.3 Å². The van der Waals surface area contributed by atoms with Crippen molar-refractivity contribution in [1.82, 2.24) is 19.5 Å². The predicted molar refractivity (Wildman–Crippen MR) is 144 cm³/mol. The van der Waals surface area contributed by atoms with Crippen LogP contribution in [0, 0.1) is 0 Å². The normalized spacial score (nSPS) is 14.7. The molecule has 3 N–H and O–H groups in total. The fourth-order valence-electron chi connectivity index (χ4n) is 5.15. The summed E-state index contributed by atoms with van der Waals surface area (Å²) in [4.78, 5) is 18.0. The van der Waals surface area contributed by atoms with Gasteiger partial charge in [-0.25, -0.2) is 9.50 Å². The first-order valence-electron chi connectivity index (χ1n) is 12.2. The molecule has 1 amide bonds. The van der Waals surface area contributed by atoms with E-state index in [9.17, 15) is 4.79 Å². The molecule has 0 spiro atoms. The van der Waals surface area contributed by atoms with Crippen molar-refractivity contribution in [1.29, 1.82) is 0 Å². The average molecular weight is 521 g/mol. The van der Waals surface area contributed by atoms with E-state index in [-0.39, 0.29) is 24.9 Å². The number of nitrogens with two attached hydrogens (primary N) is 1. The van der Waals surface area contributed by atoms with Crippen LogP contribution in [0.15, 0.2) is 48.7 Å². The van der Waals surface area contributed by atoms with E-state index in [0.29, 0.717) is 12.6 Å². The second-order valence-corrected chi connectivity index (χ2v) is 9.22. The minimum atomic E-state index is -0.301. The van der Waals surface area contributed by atoms with E-state index >= 15 is 0 Å². The van der Waals surface area contributed by atoms with Gasteiger partial charge in [-0.05, 0) is 59.9 Å². The van der Waals surface area contributed by atoms with E-state index in [1.165, 1.54) is 16.7 Å². The number of methoxy groups -OCH3 is 1. The molecule has 2 aliphatic heterocycles. The van der Waals surface area contributed by atoms with Crippen LogP contribution in [0.3, 0.4) is 0 Å². The number of hydrogen-bond donors (Lipinski definition) is 2. The average Bonchev–Trinajstić information content (AvgIpc) is 3.48. The van der Waals surface area contributed by atoms with Gasteiger partial charge in [-0.3, -0.25) is 9.69 Å². The first-order chi connectivity index (χ1) is 17.6. The van der Waals surface area contributed by atoms with Crippen LogP contribution < -0.4 is 20.5 Å². The van der Waals surface area contributed by atoms with Crippen LogP contribution in [0.5, 0.6) is 11.5 Å². The van der Waals surface area contributed by atoms with Crippen molar-refractivity contribution < 1.29 is 14.3 Å². The van der Waals surface area contributed by atoms with Gasteiger partial charge in [-0.1, -0.05) is 12.1 Å². The summed E-state index contributed by atoms with van der Waals surface area (Å²) in [5.74, 6) is 1.83. The summed E-state index contributed by atoms with van der Waals surface area (Å²) in [6.45, 7) is 2.55. The number of carbonyl (C=O) groups is 1. The Morgan fingerprint density at radius 2 is 1.92 bits per heavy atom. The molecule has 0 saturated carbocycles. The number of ether oxygens (including phenoxy) is 2. The number of hydrogen-bond acceptors (Lipinski definition) is 7. The lowest BCUT2D eigenvalue weighted by atomic mass is 10.0. The number of nitrogens with zero attached hydrogens (tertiary/aromatic N) is 4. The van der Waals surface area contributed by atoms with Crippen molar-refractivity contribution in [3.05, 3.63) is 65.4 Å². The van der Waals surface area contributed by atoms with Gasteiger partial charge in [0, 0.05) is 25.1 Å². The van der Waals surface area contributed by atoms with Crippen molar-refractivity contribution >= 4 is 35.5 Å². The fourth-order valence-corrected chi connectivity index (χ4v) is 5.15. The lowest BCUT2D eigenvalue weighted by Gasteiger charge is -2.16. The van der Waals surface area contributed by atoms with E-state index in [1.54, 1.807) is 13.3 Å². The minimum absolute atomic E-state index is 0. The second-order valence-electron chi connectivity index (χ2n) is 9.22. The lowest BCUT2D eigenvalue weighted by Crippen LogP contribution is -2.35. The van der Waals surface area contributed by atoms with Gasteiger partial charge < -0.3 is 20.5 Å². The highest BCUT2D eigenvalue weighted by atomic mass is 35.5. The number of para-hydroxylation sites is 1. The molecule has 4 aromatic rings. The van der Waals surface area contributed by atoms with E-state index in [4.69, 9.17) is 20.3 Å². The zero-order chi connectivity index (χ0) is 24.6. The van der Waals surface area contributed by atoms with Crippen LogP contribution in [-0.2, 0) is 24.1 Å². The van der Waals surface area contributed by atoms with Gasteiger partial charge in [0.25, 0.3) is 0 Å². The first kappa shape index (κ1) is 24.9. The summed E-state index contributed by atoms with van der Waals surface area (Å²) in [6, 6.07) is 14.5. The summed E-state index contributed by atoms with van der Waals surface area (Å²) in [5.41, 5.74) is 12.7. The van der Waals surface area contributed by atoms with E-state index in [1.807, 2.05) is 16.6 Å². The third-order valence-corrected chi connectivity index (χ3v) is 6.93. The third-order valence-electron chi connectivity index (χ3n) is 6.93. The number of rotatable bonds is 6. The molecule has 0 aliphatic carbocycles. The smallest absolute Gasteiger partial charge is 0.245 e. The van der Waals surface area contributed by atoms with Crippen LogP contribution in [0.1, 0.15) is 16.7 Å². The molecule has 2 aromatic carbocycles. The molecule has 0 saturated heterocycles. The molecule has 4 heterocycles. The number of benzene rings is 2. The highest BCUT2D eigenvalue weighted by Gasteiger charge is 2.21. The molecule has 0 radical (unpaired) electrons. The highest BCUT2D eigenvalue weighted by molar-refractivity contribution is 5.85. The summed E-state index contributed by atoms with van der Waals surface area (Å²) >= 11 is 0. The van der Waals surface area contributed by atoms with Gasteiger partial charge in [-0.15, -0.1) is 17.5 Å². The SMILES string of the molecule is COc1cc2c(cc1Nc1ncc3ccc(-c4cccc5c4OCC5)n3n1)CCN(CC(N)=O)CC2.Cl. The molecule has 2 aromatic heterocycles. The minimum Gasteiger partial charge on any atom is -0.495 e. The monoisotopic (exact) mass is 520 g/mol. The molecular formula is C27H29ClN6O3. The van der Waals surface area contributed by atoms with Crippen LogP contribution in [0.4, 0.5) is 11.6 Å². The zero-order valence-corrected chi connectivity index (χ0v) is 21.4. The summed E-state index contributed by atoms with van der Waals surface area (Å²) in [7, 11) is 1.66. The molecule has 0 bridgehead atoms. The van der Waals surface area contributed by atoms with Gasteiger partial charge in [0.1, 0.15) is 11.5 Å². The van der Waals surface area contributed by atoms with Crippen LogP contribution in [-0.4, -0.2) is 58.8 Å². The Balaban J connectivity index is 0.00000280. The molecule has 2 aliphatic rings. The molecule has 0 fully saturated rings. The van der Waals surface area contributed by atoms with Gasteiger partial charge in [0.05, 0.1) is 43.4 Å². The number of amides is 1. The third kappa shape index (κ3) is 4.80. The highest BCUT2D eigenvalue weighted by Crippen LogP contribution is 2.37. The van der Waals surface area contributed by atoms with E-state index < -0.39 is 0 Å². The number of halogens is 1. The molecule has 0 atom stereocenters. The molecule has 9 nitrogen and oxygen atoms in total. The molecule has 10 heteroatoms. The quantitative estimate of drug-likeness (QED) is 0.401. The van der Waals surface area contributed by atoms with Gasteiger partial charge in [0.15, 0.2) is 0 Å². The number of nitrogens with one attached hydrogen (secondary N) is 1. The van der Waals surface area contributed by atoms with E-state index in [2.05, 4.69) is 45.5 Å². The largest absolute Gasteiger partial charge is 0.495 e. The Kier molecular flexibility index (Phi) is 6.90. The molecule has 0 unspecified atom stereocenters. The number of carbonyl (C=O) groups excluding carboxylic acids is 1.